The minimum Gasteiger partial charge on any atom is -0.258 e. The molecule has 0 saturated carbocycles. The van der Waals surface area contributed by atoms with Crippen molar-refractivity contribution in [2.75, 3.05) is 0 Å². The number of nitro groups is 1. The smallest absolute Gasteiger partial charge is 0.258 e. The molecule has 0 saturated heterocycles. The Morgan fingerprint density at radius 2 is 1.43 bits per heavy atom. The summed E-state index contributed by atoms with van der Waals surface area (Å²) in [6, 6.07) is 33.5. The van der Waals surface area contributed by atoms with Crippen LogP contribution in [0.25, 0.3) is 22.5 Å². The Kier molecular flexibility index (Phi) is 7.35. The number of aliphatic imine (C=N–C) groups is 1. The van der Waals surface area contributed by atoms with Gasteiger partial charge in [-0.3, -0.25) is 15.1 Å². The molecule has 0 N–H and O–H groups in total. The number of non-ortho nitro benzene ring substituents is 1. The normalized spacial score (nSPS) is 11.1. The lowest BCUT2D eigenvalue weighted by Gasteiger charge is -2.10. The number of aromatic nitrogens is 2. The zero-order valence-corrected chi connectivity index (χ0v) is 20.9. The van der Waals surface area contributed by atoms with Gasteiger partial charge in [0.15, 0.2) is 5.16 Å². The van der Waals surface area contributed by atoms with Crippen LogP contribution < -0.4 is 0 Å². The fraction of sp³-hybridized carbons (Fsp3) is 0. The van der Waals surface area contributed by atoms with Gasteiger partial charge in [0.1, 0.15) is 0 Å². The van der Waals surface area contributed by atoms with Crippen molar-refractivity contribution in [1.82, 2.24) is 9.97 Å². The Morgan fingerprint density at radius 1 is 0.784 bits per heavy atom. The first kappa shape index (κ1) is 24.4. The van der Waals surface area contributed by atoms with Crippen molar-refractivity contribution in [2.45, 2.75) is 10.1 Å². The quantitative estimate of drug-likeness (QED) is 0.0929. The lowest BCUT2D eigenvalue weighted by Crippen LogP contribution is -1.96. The van der Waals surface area contributed by atoms with Crippen LogP contribution in [0, 0.1) is 10.1 Å². The van der Waals surface area contributed by atoms with Crippen molar-refractivity contribution >= 4 is 41.0 Å². The molecule has 5 aromatic rings. The molecule has 0 aliphatic carbocycles. The van der Waals surface area contributed by atoms with Crippen molar-refractivity contribution in [3.8, 4) is 22.5 Å². The molecule has 1 heterocycles. The molecule has 0 amide bonds. The standard InChI is InChI=1S/C29H19ClN4O2S/c30-23-12-7-13-24(17-23)31-19-22-16-25(34(35)36)14-15-28(22)37-29-32-26(20-8-3-1-4-9-20)18-27(33-29)21-10-5-2-6-11-21/h1-19H. The van der Waals surface area contributed by atoms with Crippen LogP contribution in [-0.2, 0) is 0 Å². The van der Waals surface area contributed by atoms with Gasteiger partial charge in [0.2, 0.25) is 0 Å². The molecule has 0 aliphatic heterocycles. The average molecular weight is 523 g/mol. The van der Waals surface area contributed by atoms with Gasteiger partial charge in [-0.1, -0.05) is 78.3 Å². The molecule has 6 nitrogen and oxygen atoms in total. The highest BCUT2D eigenvalue weighted by Crippen LogP contribution is 2.33. The molecular formula is C29H19ClN4O2S. The van der Waals surface area contributed by atoms with E-state index in [1.165, 1.54) is 23.9 Å². The van der Waals surface area contributed by atoms with Gasteiger partial charge in [-0.25, -0.2) is 9.97 Å². The van der Waals surface area contributed by atoms with Crippen molar-refractivity contribution in [2.24, 2.45) is 4.99 Å². The molecule has 180 valence electrons. The van der Waals surface area contributed by atoms with E-state index >= 15 is 0 Å². The Bertz CT molecular complexity index is 1540. The van der Waals surface area contributed by atoms with Gasteiger partial charge in [0.25, 0.3) is 5.69 Å². The molecule has 1 aromatic heterocycles. The van der Waals surface area contributed by atoms with Gasteiger partial charge in [0, 0.05) is 45.0 Å². The second kappa shape index (κ2) is 11.2. The van der Waals surface area contributed by atoms with Gasteiger partial charge in [-0.05, 0) is 42.1 Å². The minimum atomic E-state index is -0.425. The molecule has 0 bridgehead atoms. The molecule has 0 fully saturated rings. The number of benzene rings is 4. The predicted molar refractivity (Wildman–Crippen MR) is 149 cm³/mol. The molecule has 0 spiro atoms. The highest BCUT2D eigenvalue weighted by Gasteiger charge is 2.15. The van der Waals surface area contributed by atoms with E-state index < -0.39 is 4.92 Å². The first-order valence-corrected chi connectivity index (χ1v) is 12.5. The van der Waals surface area contributed by atoms with Gasteiger partial charge in [-0.15, -0.1) is 0 Å². The highest BCUT2D eigenvalue weighted by molar-refractivity contribution is 7.99. The monoisotopic (exact) mass is 522 g/mol. The number of nitro benzene ring substituents is 1. The van der Waals surface area contributed by atoms with Crippen molar-refractivity contribution < 1.29 is 4.92 Å². The zero-order valence-electron chi connectivity index (χ0n) is 19.4. The summed E-state index contributed by atoms with van der Waals surface area (Å²) in [6.07, 6.45) is 1.60. The first-order chi connectivity index (χ1) is 18.0. The number of hydrogen-bond donors (Lipinski definition) is 0. The highest BCUT2D eigenvalue weighted by atomic mass is 35.5. The predicted octanol–water partition coefficient (Wildman–Crippen LogP) is 8.27. The largest absolute Gasteiger partial charge is 0.270 e. The van der Waals surface area contributed by atoms with E-state index in [2.05, 4.69) is 4.99 Å². The van der Waals surface area contributed by atoms with Crippen LogP contribution in [0.3, 0.4) is 0 Å². The van der Waals surface area contributed by atoms with Gasteiger partial charge in [0.05, 0.1) is 22.0 Å². The summed E-state index contributed by atoms with van der Waals surface area (Å²) in [5, 5.41) is 12.5. The maximum Gasteiger partial charge on any atom is 0.270 e. The molecule has 37 heavy (non-hydrogen) atoms. The molecule has 8 heteroatoms. The van der Waals surface area contributed by atoms with Crippen LogP contribution in [0.1, 0.15) is 5.56 Å². The van der Waals surface area contributed by atoms with Crippen LogP contribution in [0.15, 0.2) is 124 Å². The maximum absolute atomic E-state index is 11.5. The van der Waals surface area contributed by atoms with Gasteiger partial charge >= 0.3 is 0 Å². The molecule has 0 radical (unpaired) electrons. The van der Waals surface area contributed by atoms with Crippen LogP contribution in [-0.4, -0.2) is 21.1 Å². The Balaban J connectivity index is 1.57. The lowest BCUT2D eigenvalue weighted by atomic mass is 10.1. The SMILES string of the molecule is O=[N+]([O-])c1ccc(Sc2nc(-c3ccccc3)cc(-c3ccccc3)n2)c(C=Nc2cccc(Cl)c2)c1. The van der Waals surface area contributed by atoms with E-state index in [0.29, 0.717) is 21.4 Å². The summed E-state index contributed by atoms with van der Waals surface area (Å²) in [4.78, 5) is 25.9. The van der Waals surface area contributed by atoms with E-state index in [9.17, 15) is 10.1 Å². The summed E-state index contributed by atoms with van der Waals surface area (Å²) in [7, 11) is 0. The van der Waals surface area contributed by atoms with E-state index in [1.807, 2.05) is 72.8 Å². The van der Waals surface area contributed by atoms with Crippen LogP contribution in [0.5, 0.6) is 0 Å². The Hall–Kier alpha value is -4.33. The molecular weight excluding hydrogens is 504 g/mol. The third kappa shape index (κ3) is 6.09. The summed E-state index contributed by atoms with van der Waals surface area (Å²) in [6.45, 7) is 0. The number of halogens is 1. The topological polar surface area (TPSA) is 81.3 Å². The fourth-order valence-electron chi connectivity index (χ4n) is 3.63. The zero-order chi connectivity index (χ0) is 25.6. The van der Waals surface area contributed by atoms with E-state index in [4.69, 9.17) is 21.6 Å². The lowest BCUT2D eigenvalue weighted by molar-refractivity contribution is -0.384. The van der Waals surface area contributed by atoms with Crippen molar-refractivity contribution in [1.29, 1.82) is 0 Å². The van der Waals surface area contributed by atoms with Crippen molar-refractivity contribution in [3.63, 3.8) is 0 Å². The Labute approximate surface area is 222 Å². The van der Waals surface area contributed by atoms with E-state index in [0.717, 1.165) is 27.4 Å². The molecule has 0 atom stereocenters. The maximum atomic E-state index is 11.5. The van der Waals surface area contributed by atoms with E-state index in [1.54, 1.807) is 30.5 Å². The third-order valence-electron chi connectivity index (χ3n) is 5.41. The third-order valence-corrected chi connectivity index (χ3v) is 6.60. The van der Waals surface area contributed by atoms with Crippen LogP contribution in [0.2, 0.25) is 5.02 Å². The fourth-order valence-corrected chi connectivity index (χ4v) is 4.66. The average Bonchev–Trinajstić information content (AvgIpc) is 2.93. The van der Waals surface area contributed by atoms with Gasteiger partial charge < -0.3 is 0 Å². The molecule has 5 rings (SSSR count). The minimum absolute atomic E-state index is 0.0270. The molecule has 0 aliphatic rings. The van der Waals surface area contributed by atoms with Crippen molar-refractivity contribution in [3.05, 3.63) is 130 Å². The summed E-state index contributed by atoms with van der Waals surface area (Å²) in [5.74, 6) is 0. The first-order valence-electron chi connectivity index (χ1n) is 11.3. The van der Waals surface area contributed by atoms with Crippen LogP contribution >= 0.6 is 23.4 Å². The molecule has 4 aromatic carbocycles. The van der Waals surface area contributed by atoms with Crippen LogP contribution in [0.4, 0.5) is 11.4 Å². The number of rotatable bonds is 7. The van der Waals surface area contributed by atoms with E-state index in [-0.39, 0.29) is 5.69 Å². The summed E-state index contributed by atoms with van der Waals surface area (Å²) in [5.41, 5.74) is 4.70. The Morgan fingerprint density at radius 3 is 2.03 bits per heavy atom. The number of hydrogen-bond acceptors (Lipinski definition) is 6. The second-order valence-corrected chi connectivity index (χ2v) is 9.42. The summed E-state index contributed by atoms with van der Waals surface area (Å²) < 4.78 is 0. The second-order valence-electron chi connectivity index (χ2n) is 7.97. The number of nitrogens with zero attached hydrogens (tertiary/aromatic N) is 4. The van der Waals surface area contributed by atoms with Gasteiger partial charge in [-0.2, -0.15) is 0 Å². The molecule has 0 unspecified atom stereocenters. The summed E-state index contributed by atoms with van der Waals surface area (Å²) >= 11 is 7.41.